The maximum absolute atomic E-state index is 12.4. The Labute approximate surface area is 127 Å². The summed E-state index contributed by atoms with van der Waals surface area (Å²) in [6.45, 7) is 6.78. The number of likely N-dealkylation sites (N-methyl/N-ethyl adjacent to an activating group) is 1. The number of rotatable bonds is 4. The molecule has 0 spiro atoms. The number of piperidine rings is 1. The molecule has 2 heterocycles. The van der Waals surface area contributed by atoms with Crippen LogP contribution in [0.5, 0.6) is 0 Å². The van der Waals surface area contributed by atoms with Gasteiger partial charge in [0.25, 0.3) is 0 Å². The van der Waals surface area contributed by atoms with Gasteiger partial charge in [0.1, 0.15) is 6.04 Å². The lowest BCUT2D eigenvalue weighted by Crippen LogP contribution is -2.53. The maximum atomic E-state index is 12.4. The Morgan fingerprint density at radius 2 is 1.81 bits per heavy atom. The SMILES string of the molecule is CCOC(=O)C1CCCCN1CC(=O)N1CCN(C)CC1. The molecular formula is C15H27N3O3. The van der Waals surface area contributed by atoms with Gasteiger partial charge < -0.3 is 14.5 Å². The van der Waals surface area contributed by atoms with Crippen molar-refractivity contribution in [3.63, 3.8) is 0 Å². The van der Waals surface area contributed by atoms with Crippen molar-refractivity contribution in [1.82, 2.24) is 14.7 Å². The number of carbonyl (C=O) groups is 2. The van der Waals surface area contributed by atoms with Gasteiger partial charge in [-0.2, -0.15) is 0 Å². The van der Waals surface area contributed by atoms with Gasteiger partial charge in [-0.05, 0) is 33.4 Å². The Bertz CT molecular complexity index is 367. The molecule has 6 heteroatoms. The van der Waals surface area contributed by atoms with Gasteiger partial charge in [0.15, 0.2) is 0 Å². The number of hydrogen-bond donors (Lipinski definition) is 0. The van der Waals surface area contributed by atoms with Crippen molar-refractivity contribution in [3.05, 3.63) is 0 Å². The summed E-state index contributed by atoms with van der Waals surface area (Å²) in [5, 5.41) is 0. The molecule has 0 bridgehead atoms. The molecular weight excluding hydrogens is 270 g/mol. The molecule has 0 saturated carbocycles. The van der Waals surface area contributed by atoms with Crippen molar-refractivity contribution >= 4 is 11.9 Å². The average Bonchev–Trinajstić information content (AvgIpc) is 2.48. The zero-order valence-electron chi connectivity index (χ0n) is 13.2. The predicted molar refractivity (Wildman–Crippen MR) is 79.9 cm³/mol. The second-order valence-corrected chi connectivity index (χ2v) is 5.92. The smallest absolute Gasteiger partial charge is 0.323 e. The van der Waals surface area contributed by atoms with E-state index >= 15 is 0 Å². The molecule has 0 aromatic carbocycles. The Balaban J connectivity index is 1.89. The van der Waals surface area contributed by atoms with Crippen LogP contribution in [-0.2, 0) is 14.3 Å². The molecule has 2 aliphatic rings. The van der Waals surface area contributed by atoms with Crippen molar-refractivity contribution in [2.75, 3.05) is 52.9 Å². The Kier molecular flexibility index (Phi) is 5.99. The first-order valence-corrected chi connectivity index (χ1v) is 7.99. The number of hydrogen-bond acceptors (Lipinski definition) is 5. The van der Waals surface area contributed by atoms with E-state index in [-0.39, 0.29) is 17.9 Å². The number of piperazine rings is 1. The fraction of sp³-hybridized carbons (Fsp3) is 0.867. The summed E-state index contributed by atoms with van der Waals surface area (Å²) in [7, 11) is 2.07. The Hall–Kier alpha value is -1.14. The lowest BCUT2D eigenvalue weighted by Gasteiger charge is -2.37. The van der Waals surface area contributed by atoms with E-state index in [2.05, 4.69) is 11.9 Å². The number of amides is 1. The lowest BCUT2D eigenvalue weighted by atomic mass is 10.0. The first kappa shape index (κ1) is 16.2. The highest BCUT2D eigenvalue weighted by Gasteiger charge is 2.32. The molecule has 2 rings (SSSR count). The topological polar surface area (TPSA) is 53.1 Å². The molecule has 1 atom stereocenters. The Morgan fingerprint density at radius 3 is 2.48 bits per heavy atom. The second kappa shape index (κ2) is 7.75. The molecule has 21 heavy (non-hydrogen) atoms. The summed E-state index contributed by atoms with van der Waals surface area (Å²) in [6, 6.07) is -0.241. The lowest BCUT2D eigenvalue weighted by molar-refractivity contribution is -0.152. The first-order valence-electron chi connectivity index (χ1n) is 7.99. The van der Waals surface area contributed by atoms with Crippen LogP contribution in [0, 0.1) is 0 Å². The third kappa shape index (κ3) is 4.41. The van der Waals surface area contributed by atoms with E-state index in [4.69, 9.17) is 4.74 Å². The summed E-state index contributed by atoms with van der Waals surface area (Å²) in [6.07, 6.45) is 2.88. The van der Waals surface area contributed by atoms with Crippen molar-refractivity contribution in [2.45, 2.75) is 32.2 Å². The molecule has 2 fully saturated rings. The Morgan fingerprint density at radius 1 is 1.10 bits per heavy atom. The van der Waals surface area contributed by atoms with E-state index in [0.29, 0.717) is 13.2 Å². The highest BCUT2D eigenvalue weighted by molar-refractivity contribution is 5.80. The average molecular weight is 297 g/mol. The van der Waals surface area contributed by atoms with Crippen molar-refractivity contribution in [3.8, 4) is 0 Å². The van der Waals surface area contributed by atoms with Crippen LogP contribution >= 0.6 is 0 Å². The first-order chi connectivity index (χ1) is 10.1. The molecule has 120 valence electrons. The molecule has 0 radical (unpaired) electrons. The number of carbonyl (C=O) groups excluding carboxylic acids is 2. The zero-order valence-corrected chi connectivity index (χ0v) is 13.2. The minimum atomic E-state index is -0.241. The van der Waals surface area contributed by atoms with Crippen LogP contribution in [0.1, 0.15) is 26.2 Å². The normalized spacial score (nSPS) is 24.9. The van der Waals surface area contributed by atoms with E-state index < -0.39 is 0 Å². The van der Waals surface area contributed by atoms with Gasteiger partial charge in [0, 0.05) is 26.2 Å². The van der Waals surface area contributed by atoms with Crippen LogP contribution in [0.15, 0.2) is 0 Å². The third-order valence-corrected chi connectivity index (χ3v) is 4.37. The summed E-state index contributed by atoms with van der Waals surface area (Å²) in [4.78, 5) is 30.6. The van der Waals surface area contributed by atoms with E-state index in [0.717, 1.165) is 52.0 Å². The van der Waals surface area contributed by atoms with Crippen LogP contribution in [0.4, 0.5) is 0 Å². The summed E-state index contributed by atoms with van der Waals surface area (Å²) < 4.78 is 5.14. The van der Waals surface area contributed by atoms with Gasteiger partial charge in [0.2, 0.25) is 5.91 Å². The third-order valence-electron chi connectivity index (χ3n) is 4.37. The van der Waals surface area contributed by atoms with Crippen LogP contribution in [0.2, 0.25) is 0 Å². The molecule has 0 aromatic heterocycles. The molecule has 6 nitrogen and oxygen atoms in total. The molecule has 0 aromatic rings. The van der Waals surface area contributed by atoms with Gasteiger partial charge in [0.05, 0.1) is 13.2 Å². The standard InChI is InChI=1S/C15H27N3O3/c1-3-21-15(20)13-6-4-5-7-18(13)12-14(19)17-10-8-16(2)9-11-17/h13H,3-12H2,1-2H3. The minimum Gasteiger partial charge on any atom is -0.465 e. The van der Waals surface area contributed by atoms with Crippen molar-refractivity contribution in [1.29, 1.82) is 0 Å². The van der Waals surface area contributed by atoms with E-state index in [1.165, 1.54) is 0 Å². The van der Waals surface area contributed by atoms with Gasteiger partial charge in [-0.3, -0.25) is 14.5 Å². The fourth-order valence-electron chi connectivity index (χ4n) is 3.02. The van der Waals surface area contributed by atoms with Crippen molar-refractivity contribution < 1.29 is 14.3 Å². The van der Waals surface area contributed by atoms with Gasteiger partial charge >= 0.3 is 5.97 Å². The van der Waals surface area contributed by atoms with Gasteiger partial charge in [-0.15, -0.1) is 0 Å². The number of esters is 1. The van der Waals surface area contributed by atoms with E-state index in [1.807, 2.05) is 16.7 Å². The number of ether oxygens (including phenoxy) is 1. The van der Waals surface area contributed by atoms with Crippen LogP contribution < -0.4 is 0 Å². The van der Waals surface area contributed by atoms with E-state index in [9.17, 15) is 9.59 Å². The highest BCUT2D eigenvalue weighted by Crippen LogP contribution is 2.18. The van der Waals surface area contributed by atoms with E-state index in [1.54, 1.807) is 0 Å². The van der Waals surface area contributed by atoms with Crippen LogP contribution in [0.25, 0.3) is 0 Å². The van der Waals surface area contributed by atoms with Crippen LogP contribution in [0.3, 0.4) is 0 Å². The quantitative estimate of drug-likeness (QED) is 0.693. The predicted octanol–water partition coefficient (Wildman–Crippen LogP) is 0.178. The number of nitrogens with zero attached hydrogens (tertiary/aromatic N) is 3. The zero-order chi connectivity index (χ0) is 15.2. The highest BCUT2D eigenvalue weighted by atomic mass is 16.5. The second-order valence-electron chi connectivity index (χ2n) is 5.92. The molecule has 1 unspecified atom stereocenters. The largest absolute Gasteiger partial charge is 0.465 e. The number of likely N-dealkylation sites (tertiary alicyclic amines) is 1. The molecule has 1 amide bonds. The molecule has 0 aliphatic carbocycles. The molecule has 2 saturated heterocycles. The monoisotopic (exact) mass is 297 g/mol. The van der Waals surface area contributed by atoms with Gasteiger partial charge in [-0.1, -0.05) is 6.42 Å². The van der Waals surface area contributed by atoms with Gasteiger partial charge in [-0.25, -0.2) is 0 Å². The summed E-state index contributed by atoms with van der Waals surface area (Å²) in [5.74, 6) is -0.0392. The molecule has 2 aliphatic heterocycles. The fourth-order valence-corrected chi connectivity index (χ4v) is 3.02. The maximum Gasteiger partial charge on any atom is 0.323 e. The minimum absolute atomic E-state index is 0.138. The van der Waals surface area contributed by atoms with Crippen molar-refractivity contribution in [2.24, 2.45) is 0 Å². The summed E-state index contributed by atoms with van der Waals surface area (Å²) in [5.41, 5.74) is 0. The molecule has 0 N–H and O–H groups in total. The summed E-state index contributed by atoms with van der Waals surface area (Å²) >= 11 is 0. The van der Waals surface area contributed by atoms with Crippen LogP contribution in [-0.4, -0.2) is 85.5 Å².